The SMILES string of the molecule is CN(C)C1COC2(CCN(c3cnccn3)CC2)C1. The first kappa shape index (κ1) is 12.8. The molecule has 1 aromatic heterocycles. The number of aromatic nitrogens is 2. The predicted octanol–water partition coefficient (Wildman–Crippen LogP) is 1.17. The van der Waals surface area contributed by atoms with Crippen LogP contribution in [-0.2, 0) is 4.74 Å². The number of likely N-dealkylation sites (N-methyl/N-ethyl adjacent to an activating group) is 1. The zero-order valence-corrected chi connectivity index (χ0v) is 11.7. The number of ether oxygens (including phenoxy) is 1. The molecule has 3 rings (SSSR count). The molecule has 2 fully saturated rings. The third-order valence-corrected chi connectivity index (χ3v) is 4.47. The molecule has 2 aliphatic heterocycles. The Hall–Kier alpha value is -1.20. The Labute approximate surface area is 114 Å². The van der Waals surface area contributed by atoms with Gasteiger partial charge in [0.1, 0.15) is 5.82 Å². The summed E-state index contributed by atoms with van der Waals surface area (Å²) in [5.41, 5.74) is 0.105. The molecule has 0 bridgehead atoms. The lowest BCUT2D eigenvalue weighted by Gasteiger charge is -2.39. The van der Waals surface area contributed by atoms with Crippen LogP contribution in [0.2, 0.25) is 0 Å². The van der Waals surface area contributed by atoms with Gasteiger partial charge in [0.05, 0.1) is 18.4 Å². The summed E-state index contributed by atoms with van der Waals surface area (Å²) in [6.07, 6.45) is 8.66. The van der Waals surface area contributed by atoms with Crippen LogP contribution < -0.4 is 4.90 Å². The minimum absolute atomic E-state index is 0.105. The largest absolute Gasteiger partial charge is 0.373 e. The normalized spacial score (nSPS) is 26.3. The molecule has 3 heterocycles. The highest BCUT2D eigenvalue weighted by atomic mass is 16.5. The third kappa shape index (κ3) is 2.58. The van der Waals surface area contributed by atoms with E-state index >= 15 is 0 Å². The molecule has 1 atom stereocenters. The summed E-state index contributed by atoms with van der Waals surface area (Å²) < 4.78 is 6.14. The van der Waals surface area contributed by atoms with Gasteiger partial charge in [0.25, 0.3) is 0 Å². The smallest absolute Gasteiger partial charge is 0.147 e. The first-order valence-electron chi connectivity index (χ1n) is 7.00. The summed E-state index contributed by atoms with van der Waals surface area (Å²) in [7, 11) is 4.28. The molecule has 0 N–H and O–H groups in total. The third-order valence-electron chi connectivity index (χ3n) is 4.47. The summed E-state index contributed by atoms with van der Waals surface area (Å²) >= 11 is 0. The molecule has 0 aliphatic carbocycles. The van der Waals surface area contributed by atoms with E-state index < -0.39 is 0 Å². The van der Waals surface area contributed by atoms with Crippen molar-refractivity contribution in [1.82, 2.24) is 14.9 Å². The van der Waals surface area contributed by atoms with Gasteiger partial charge in [-0.1, -0.05) is 0 Å². The van der Waals surface area contributed by atoms with E-state index in [0.29, 0.717) is 6.04 Å². The average molecular weight is 262 g/mol. The van der Waals surface area contributed by atoms with Crippen LogP contribution in [0.1, 0.15) is 19.3 Å². The molecule has 0 aromatic carbocycles. The maximum absolute atomic E-state index is 6.14. The molecule has 5 nitrogen and oxygen atoms in total. The van der Waals surface area contributed by atoms with Gasteiger partial charge in [0.15, 0.2) is 0 Å². The van der Waals surface area contributed by atoms with Gasteiger partial charge < -0.3 is 14.5 Å². The van der Waals surface area contributed by atoms with Crippen molar-refractivity contribution in [1.29, 1.82) is 0 Å². The molecule has 1 unspecified atom stereocenters. The van der Waals surface area contributed by atoms with Crippen LogP contribution in [0.4, 0.5) is 5.82 Å². The lowest BCUT2D eigenvalue weighted by atomic mass is 9.87. The van der Waals surface area contributed by atoms with E-state index in [9.17, 15) is 0 Å². The summed E-state index contributed by atoms with van der Waals surface area (Å²) in [6.45, 7) is 2.90. The van der Waals surface area contributed by atoms with E-state index in [0.717, 1.165) is 44.8 Å². The number of piperidine rings is 1. The van der Waals surface area contributed by atoms with Gasteiger partial charge in [0, 0.05) is 31.5 Å². The quantitative estimate of drug-likeness (QED) is 0.800. The van der Waals surface area contributed by atoms with Crippen molar-refractivity contribution in [3.63, 3.8) is 0 Å². The van der Waals surface area contributed by atoms with Crippen molar-refractivity contribution >= 4 is 5.82 Å². The molecule has 1 spiro atoms. The summed E-state index contributed by atoms with van der Waals surface area (Å²) in [6, 6.07) is 0.572. The van der Waals surface area contributed by atoms with Gasteiger partial charge in [-0.2, -0.15) is 0 Å². The maximum Gasteiger partial charge on any atom is 0.147 e. The van der Waals surface area contributed by atoms with Gasteiger partial charge >= 0.3 is 0 Å². The van der Waals surface area contributed by atoms with Gasteiger partial charge in [-0.15, -0.1) is 0 Å². The first-order chi connectivity index (χ1) is 9.19. The minimum atomic E-state index is 0.105. The Bertz CT molecular complexity index is 415. The molecular formula is C14H22N4O. The number of hydrogen-bond acceptors (Lipinski definition) is 5. The second-order valence-electron chi connectivity index (χ2n) is 5.87. The van der Waals surface area contributed by atoms with Crippen molar-refractivity contribution in [3.8, 4) is 0 Å². The molecule has 5 heteroatoms. The molecular weight excluding hydrogens is 240 g/mol. The molecule has 2 saturated heterocycles. The van der Waals surface area contributed by atoms with Crippen molar-refractivity contribution in [2.75, 3.05) is 38.7 Å². The molecule has 19 heavy (non-hydrogen) atoms. The van der Waals surface area contributed by atoms with Crippen molar-refractivity contribution in [2.45, 2.75) is 30.9 Å². The lowest BCUT2D eigenvalue weighted by Crippen LogP contribution is -2.45. The van der Waals surface area contributed by atoms with Crippen LogP contribution in [0.25, 0.3) is 0 Å². The summed E-state index contributed by atoms with van der Waals surface area (Å²) in [5.74, 6) is 0.986. The summed E-state index contributed by atoms with van der Waals surface area (Å²) in [4.78, 5) is 13.1. The molecule has 1 aromatic rings. The number of hydrogen-bond donors (Lipinski definition) is 0. The van der Waals surface area contributed by atoms with Crippen LogP contribution in [0.5, 0.6) is 0 Å². The Balaban J connectivity index is 1.61. The molecule has 104 valence electrons. The van der Waals surface area contributed by atoms with E-state index in [2.05, 4.69) is 33.9 Å². The molecule has 2 aliphatic rings. The molecule has 0 amide bonds. The van der Waals surface area contributed by atoms with E-state index in [1.54, 1.807) is 12.4 Å². The highest BCUT2D eigenvalue weighted by molar-refractivity contribution is 5.36. The Morgan fingerprint density at radius 3 is 2.68 bits per heavy atom. The second kappa shape index (κ2) is 5.06. The first-order valence-corrected chi connectivity index (χ1v) is 7.00. The van der Waals surface area contributed by atoms with Gasteiger partial charge in [0.2, 0.25) is 0 Å². The van der Waals surface area contributed by atoms with Crippen LogP contribution in [0, 0.1) is 0 Å². The topological polar surface area (TPSA) is 41.5 Å². The van der Waals surface area contributed by atoms with E-state index in [4.69, 9.17) is 4.74 Å². The minimum Gasteiger partial charge on any atom is -0.373 e. The molecule has 0 radical (unpaired) electrons. The van der Waals surface area contributed by atoms with Crippen LogP contribution in [0.15, 0.2) is 18.6 Å². The van der Waals surface area contributed by atoms with E-state index in [-0.39, 0.29) is 5.60 Å². The zero-order chi connectivity index (χ0) is 13.3. The molecule has 0 saturated carbocycles. The highest BCUT2D eigenvalue weighted by Crippen LogP contribution is 2.37. The van der Waals surface area contributed by atoms with Gasteiger partial charge in [-0.3, -0.25) is 4.98 Å². The average Bonchev–Trinajstić information content (AvgIpc) is 2.85. The fourth-order valence-corrected chi connectivity index (χ4v) is 3.10. The van der Waals surface area contributed by atoms with Crippen molar-refractivity contribution in [2.24, 2.45) is 0 Å². The monoisotopic (exact) mass is 262 g/mol. The number of anilines is 1. The standard InChI is InChI=1S/C14H22N4O/c1-17(2)12-9-14(19-11-12)3-7-18(8-4-14)13-10-15-5-6-16-13/h5-6,10,12H,3-4,7-9,11H2,1-2H3. The lowest BCUT2D eigenvalue weighted by molar-refractivity contribution is -0.0156. The van der Waals surface area contributed by atoms with Crippen LogP contribution >= 0.6 is 0 Å². The highest BCUT2D eigenvalue weighted by Gasteiger charge is 2.43. The van der Waals surface area contributed by atoms with Crippen LogP contribution in [-0.4, -0.2) is 60.3 Å². The van der Waals surface area contributed by atoms with Gasteiger partial charge in [-0.05, 0) is 33.4 Å². The maximum atomic E-state index is 6.14. The fraction of sp³-hybridized carbons (Fsp3) is 0.714. The van der Waals surface area contributed by atoms with Crippen molar-refractivity contribution in [3.05, 3.63) is 18.6 Å². The van der Waals surface area contributed by atoms with E-state index in [1.165, 1.54) is 0 Å². The zero-order valence-electron chi connectivity index (χ0n) is 11.7. The van der Waals surface area contributed by atoms with E-state index in [1.807, 2.05) is 6.20 Å². The predicted molar refractivity (Wildman–Crippen MR) is 74.3 cm³/mol. The summed E-state index contributed by atoms with van der Waals surface area (Å²) in [5, 5.41) is 0. The van der Waals surface area contributed by atoms with Crippen molar-refractivity contribution < 1.29 is 4.74 Å². The second-order valence-corrected chi connectivity index (χ2v) is 5.87. The van der Waals surface area contributed by atoms with Gasteiger partial charge in [-0.25, -0.2) is 4.98 Å². The number of nitrogens with zero attached hydrogens (tertiary/aromatic N) is 4. The Morgan fingerprint density at radius 1 is 1.32 bits per heavy atom. The van der Waals surface area contributed by atoms with Crippen LogP contribution in [0.3, 0.4) is 0 Å². The Kier molecular flexibility index (Phi) is 3.41. The fourth-order valence-electron chi connectivity index (χ4n) is 3.10. The Morgan fingerprint density at radius 2 is 2.11 bits per heavy atom. The number of rotatable bonds is 2.